The van der Waals surface area contributed by atoms with Gasteiger partial charge in [-0.2, -0.15) is 0 Å². The van der Waals surface area contributed by atoms with Crippen LogP contribution in [0.2, 0.25) is 0 Å². The Kier molecular flexibility index (Phi) is 4.18. The van der Waals surface area contributed by atoms with E-state index >= 15 is 0 Å². The van der Waals surface area contributed by atoms with Gasteiger partial charge in [-0.15, -0.1) is 0 Å². The summed E-state index contributed by atoms with van der Waals surface area (Å²) in [5.74, 6) is -0.860. The lowest BCUT2D eigenvalue weighted by Gasteiger charge is -2.05. The van der Waals surface area contributed by atoms with E-state index in [2.05, 4.69) is 9.97 Å². The number of hydrogen-bond donors (Lipinski definition) is 2. The fourth-order valence-corrected chi connectivity index (χ4v) is 3.56. The molecule has 4 rings (SSSR count). The standard InChI is InChI=1S/C20H16FN3O2/c21-15-10-22-19(23-11-15)14-8-4-7-13(9-14)17-16(18(17)20(25)24-26)12-5-2-1-3-6-12/h1-11,16-18,26H,(H,24,25)/t16-,17?,18?/m1/s1. The molecule has 1 fully saturated rings. The number of aromatic nitrogens is 2. The van der Waals surface area contributed by atoms with Crippen LogP contribution in [0.25, 0.3) is 11.4 Å². The lowest BCUT2D eigenvalue weighted by Crippen LogP contribution is -2.21. The van der Waals surface area contributed by atoms with Gasteiger partial charge in [0.15, 0.2) is 11.6 Å². The first-order valence-corrected chi connectivity index (χ1v) is 8.26. The number of carbonyl (C=O) groups excluding carboxylic acids is 1. The molecule has 1 heterocycles. The van der Waals surface area contributed by atoms with Crippen LogP contribution in [-0.4, -0.2) is 21.1 Å². The highest BCUT2D eigenvalue weighted by atomic mass is 19.1. The molecule has 1 aromatic heterocycles. The second-order valence-corrected chi connectivity index (χ2v) is 6.31. The van der Waals surface area contributed by atoms with Crippen molar-refractivity contribution in [2.24, 2.45) is 5.92 Å². The summed E-state index contributed by atoms with van der Waals surface area (Å²) >= 11 is 0. The van der Waals surface area contributed by atoms with E-state index in [1.807, 2.05) is 54.6 Å². The van der Waals surface area contributed by atoms with Gasteiger partial charge in [0.1, 0.15) is 0 Å². The van der Waals surface area contributed by atoms with Crippen molar-refractivity contribution in [2.75, 3.05) is 0 Å². The number of hydrogen-bond acceptors (Lipinski definition) is 4. The smallest absolute Gasteiger partial charge is 0.247 e. The lowest BCUT2D eigenvalue weighted by molar-refractivity contribution is -0.130. The second-order valence-electron chi connectivity index (χ2n) is 6.31. The number of carbonyl (C=O) groups is 1. The Bertz CT molecular complexity index is 931. The van der Waals surface area contributed by atoms with Crippen LogP contribution in [0.5, 0.6) is 0 Å². The van der Waals surface area contributed by atoms with Crippen molar-refractivity contribution >= 4 is 5.91 Å². The molecular formula is C20H16FN3O2. The maximum absolute atomic E-state index is 13.0. The van der Waals surface area contributed by atoms with Gasteiger partial charge in [0.05, 0.1) is 18.3 Å². The van der Waals surface area contributed by atoms with Crippen molar-refractivity contribution in [1.29, 1.82) is 0 Å². The molecule has 6 heteroatoms. The monoisotopic (exact) mass is 349 g/mol. The minimum Gasteiger partial charge on any atom is -0.289 e. The highest BCUT2D eigenvalue weighted by Gasteiger charge is 2.56. The lowest BCUT2D eigenvalue weighted by atomic mass is 10.0. The maximum atomic E-state index is 13.0. The van der Waals surface area contributed by atoms with Crippen LogP contribution >= 0.6 is 0 Å². The van der Waals surface area contributed by atoms with Crippen LogP contribution < -0.4 is 5.48 Å². The zero-order valence-corrected chi connectivity index (χ0v) is 13.7. The van der Waals surface area contributed by atoms with Crippen molar-refractivity contribution in [3.63, 3.8) is 0 Å². The molecule has 5 nitrogen and oxygen atoms in total. The summed E-state index contributed by atoms with van der Waals surface area (Å²) in [5, 5.41) is 9.08. The van der Waals surface area contributed by atoms with E-state index in [0.29, 0.717) is 5.82 Å². The van der Waals surface area contributed by atoms with Gasteiger partial charge in [0, 0.05) is 17.4 Å². The van der Waals surface area contributed by atoms with Crippen LogP contribution in [-0.2, 0) is 4.79 Å². The predicted octanol–water partition coefficient (Wildman–Crippen LogP) is 3.29. The quantitative estimate of drug-likeness (QED) is 0.560. The van der Waals surface area contributed by atoms with Gasteiger partial charge in [0.2, 0.25) is 5.91 Å². The summed E-state index contributed by atoms with van der Waals surface area (Å²) in [6.45, 7) is 0. The number of benzene rings is 2. The molecule has 1 aliphatic rings. The van der Waals surface area contributed by atoms with Crippen molar-refractivity contribution in [3.05, 3.63) is 83.9 Å². The fourth-order valence-electron chi connectivity index (χ4n) is 3.56. The Hall–Kier alpha value is -3.12. The molecule has 1 saturated carbocycles. The van der Waals surface area contributed by atoms with Gasteiger partial charge in [-0.1, -0.05) is 48.5 Å². The average Bonchev–Trinajstić information content (AvgIpc) is 3.44. The SMILES string of the molecule is O=C(NO)C1C(c2cccc(-c3ncc(F)cn3)c2)[C@H]1c1ccccc1. The molecule has 2 N–H and O–H groups in total. The van der Waals surface area contributed by atoms with E-state index in [4.69, 9.17) is 5.21 Å². The van der Waals surface area contributed by atoms with Crippen molar-refractivity contribution in [1.82, 2.24) is 15.4 Å². The summed E-state index contributed by atoms with van der Waals surface area (Å²) in [7, 11) is 0. The molecule has 0 radical (unpaired) electrons. The normalized spacial score (nSPS) is 21.2. The highest BCUT2D eigenvalue weighted by molar-refractivity contribution is 5.84. The van der Waals surface area contributed by atoms with Crippen LogP contribution in [0.15, 0.2) is 67.0 Å². The molecule has 0 aliphatic heterocycles. The Labute approximate surface area is 149 Å². The van der Waals surface area contributed by atoms with Crippen molar-refractivity contribution < 1.29 is 14.4 Å². The Balaban J connectivity index is 1.68. The van der Waals surface area contributed by atoms with Crippen molar-refractivity contribution in [2.45, 2.75) is 11.8 Å². The number of nitrogens with one attached hydrogen (secondary N) is 1. The van der Waals surface area contributed by atoms with Crippen LogP contribution in [0.3, 0.4) is 0 Å². The molecule has 2 unspecified atom stereocenters. The summed E-state index contributed by atoms with van der Waals surface area (Å²) < 4.78 is 13.0. The number of amides is 1. The molecule has 130 valence electrons. The summed E-state index contributed by atoms with van der Waals surface area (Å²) in [6.07, 6.45) is 2.25. The first-order chi connectivity index (χ1) is 12.7. The third-order valence-corrected chi connectivity index (χ3v) is 4.77. The van der Waals surface area contributed by atoms with Crippen LogP contribution in [0.4, 0.5) is 4.39 Å². The largest absolute Gasteiger partial charge is 0.289 e. The van der Waals surface area contributed by atoms with Gasteiger partial charge in [-0.3, -0.25) is 10.0 Å². The molecule has 3 atom stereocenters. The fraction of sp³-hybridized carbons (Fsp3) is 0.150. The molecule has 0 bridgehead atoms. The van der Waals surface area contributed by atoms with Gasteiger partial charge >= 0.3 is 0 Å². The van der Waals surface area contributed by atoms with E-state index in [1.165, 1.54) is 0 Å². The Morgan fingerprint density at radius 3 is 2.31 bits per heavy atom. The minimum atomic E-state index is -0.490. The molecule has 0 saturated heterocycles. The minimum absolute atomic E-state index is 0.00673. The molecule has 1 aliphatic carbocycles. The summed E-state index contributed by atoms with van der Waals surface area (Å²) in [6, 6.07) is 17.3. The molecular weight excluding hydrogens is 333 g/mol. The van der Waals surface area contributed by atoms with Gasteiger partial charge < -0.3 is 0 Å². The van der Waals surface area contributed by atoms with E-state index < -0.39 is 11.7 Å². The zero-order valence-electron chi connectivity index (χ0n) is 13.7. The number of hydroxylamine groups is 1. The Morgan fingerprint density at radius 1 is 0.962 bits per heavy atom. The van der Waals surface area contributed by atoms with Crippen LogP contribution in [0, 0.1) is 11.7 Å². The van der Waals surface area contributed by atoms with Gasteiger partial charge in [0.25, 0.3) is 0 Å². The summed E-state index contributed by atoms with van der Waals surface area (Å²) in [5.41, 5.74) is 4.53. The third-order valence-electron chi connectivity index (χ3n) is 4.77. The van der Waals surface area contributed by atoms with E-state index in [-0.39, 0.29) is 17.8 Å². The first-order valence-electron chi connectivity index (χ1n) is 8.26. The van der Waals surface area contributed by atoms with E-state index in [9.17, 15) is 9.18 Å². The van der Waals surface area contributed by atoms with Gasteiger partial charge in [-0.25, -0.2) is 19.8 Å². The van der Waals surface area contributed by atoms with Crippen molar-refractivity contribution in [3.8, 4) is 11.4 Å². The van der Waals surface area contributed by atoms with E-state index in [0.717, 1.165) is 29.1 Å². The number of rotatable bonds is 4. The third kappa shape index (κ3) is 2.95. The number of nitrogens with zero attached hydrogens (tertiary/aromatic N) is 2. The van der Waals surface area contributed by atoms with Crippen LogP contribution in [0.1, 0.15) is 23.0 Å². The first kappa shape index (κ1) is 16.4. The molecule has 3 aromatic rings. The molecule has 2 aromatic carbocycles. The Morgan fingerprint density at radius 2 is 1.62 bits per heavy atom. The zero-order chi connectivity index (χ0) is 18.1. The second kappa shape index (κ2) is 6.65. The molecule has 1 amide bonds. The molecule has 26 heavy (non-hydrogen) atoms. The molecule has 0 spiro atoms. The maximum Gasteiger partial charge on any atom is 0.247 e. The summed E-state index contributed by atoms with van der Waals surface area (Å²) in [4.78, 5) is 20.1. The van der Waals surface area contributed by atoms with Gasteiger partial charge in [-0.05, 0) is 17.2 Å². The van der Waals surface area contributed by atoms with E-state index in [1.54, 1.807) is 5.48 Å². The number of halogens is 1. The highest BCUT2D eigenvalue weighted by Crippen LogP contribution is 2.60. The topological polar surface area (TPSA) is 75.1 Å². The average molecular weight is 349 g/mol. The predicted molar refractivity (Wildman–Crippen MR) is 92.8 cm³/mol.